The number of nitrogens with one attached hydrogen (secondary N) is 1. The van der Waals surface area contributed by atoms with Crippen molar-refractivity contribution in [2.75, 3.05) is 26.2 Å². The molecule has 1 amide bonds. The third-order valence-electron chi connectivity index (χ3n) is 4.83. The van der Waals surface area contributed by atoms with Crippen LogP contribution >= 0.6 is 0 Å². The third-order valence-corrected chi connectivity index (χ3v) is 4.83. The molecule has 2 aliphatic rings. The number of aromatic nitrogens is 2. The van der Waals surface area contributed by atoms with Gasteiger partial charge in [0.15, 0.2) is 0 Å². The Balaban J connectivity index is 1.63. The molecule has 0 unspecified atom stereocenters. The van der Waals surface area contributed by atoms with Gasteiger partial charge in [0, 0.05) is 24.3 Å². The van der Waals surface area contributed by atoms with Crippen LogP contribution in [0.15, 0.2) is 0 Å². The molecule has 0 bridgehead atoms. The highest BCUT2D eigenvalue weighted by Gasteiger charge is 2.38. The van der Waals surface area contributed by atoms with Crippen molar-refractivity contribution >= 4 is 5.91 Å². The Morgan fingerprint density at radius 2 is 2.05 bits per heavy atom. The summed E-state index contributed by atoms with van der Waals surface area (Å²) in [6.07, 6.45) is 2.35. The van der Waals surface area contributed by atoms with Gasteiger partial charge in [-0.05, 0) is 39.8 Å². The van der Waals surface area contributed by atoms with Crippen LogP contribution in [-0.4, -0.2) is 69.3 Å². The number of carbonyl (C=O) groups is 1. The van der Waals surface area contributed by atoms with Gasteiger partial charge in [0.25, 0.3) is 0 Å². The van der Waals surface area contributed by atoms with E-state index in [1.165, 1.54) is 12.8 Å². The Morgan fingerprint density at radius 1 is 1.33 bits per heavy atom. The van der Waals surface area contributed by atoms with Crippen molar-refractivity contribution in [2.24, 2.45) is 0 Å². The second kappa shape index (κ2) is 5.77. The van der Waals surface area contributed by atoms with E-state index >= 15 is 0 Å². The second-order valence-corrected chi connectivity index (χ2v) is 6.27. The minimum atomic E-state index is -0.418. The first kappa shape index (κ1) is 14.5. The number of aliphatic hydroxyl groups is 1. The number of amides is 1. The number of nitrogens with zero attached hydrogens (tertiary/aromatic N) is 3. The molecule has 21 heavy (non-hydrogen) atoms. The van der Waals surface area contributed by atoms with Crippen molar-refractivity contribution in [2.45, 2.75) is 45.3 Å². The summed E-state index contributed by atoms with van der Waals surface area (Å²) < 4.78 is 0. The number of H-pyrrole nitrogens is 1. The van der Waals surface area contributed by atoms with Crippen LogP contribution in [-0.2, 0) is 11.2 Å². The zero-order valence-corrected chi connectivity index (χ0v) is 12.8. The lowest BCUT2D eigenvalue weighted by molar-refractivity contribution is -0.129. The van der Waals surface area contributed by atoms with Crippen LogP contribution in [0.1, 0.15) is 29.8 Å². The molecule has 2 fully saturated rings. The van der Waals surface area contributed by atoms with Crippen LogP contribution in [0.4, 0.5) is 0 Å². The maximum atomic E-state index is 12.5. The first-order valence-electron chi connectivity index (χ1n) is 7.76. The largest absolute Gasteiger partial charge is 0.390 e. The van der Waals surface area contributed by atoms with Gasteiger partial charge in [0.05, 0.1) is 24.3 Å². The molecular formula is C15H24N4O2. The predicted octanol–water partition coefficient (Wildman–Crippen LogP) is 0.237. The minimum absolute atomic E-state index is 0.0864. The fourth-order valence-electron chi connectivity index (χ4n) is 3.50. The van der Waals surface area contributed by atoms with Crippen molar-refractivity contribution in [3.63, 3.8) is 0 Å². The quantitative estimate of drug-likeness (QED) is 0.837. The van der Waals surface area contributed by atoms with E-state index in [4.69, 9.17) is 0 Å². The fourth-order valence-corrected chi connectivity index (χ4v) is 3.50. The summed E-state index contributed by atoms with van der Waals surface area (Å²) in [4.78, 5) is 16.6. The van der Waals surface area contributed by atoms with Gasteiger partial charge in [-0.1, -0.05) is 0 Å². The number of aliphatic hydroxyl groups excluding tert-OH is 1. The smallest absolute Gasteiger partial charge is 0.227 e. The summed E-state index contributed by atoms with van der Waals surface area (Å²) in [6.45, 7) is 7.05. The normalized spacial score (nSPS) is 26.7. The summed E-state index contributed by atoms with van der Waals surface area (Å²) in [6, 6.07) is 0.114. The van der Waals surface area contributed by atoms with Gasteiger partial charge in [-0.2, -0.15) is 5.10 Å². The molecule has 0 saturated carbocycles. The van der Waals surface area contributed by atoms with Gasteiger partial charge in [-0.3, -0.25) is 14.8 Å². The molecule has 2 N–H and O–H groups in total. The summed E-state index contributed by atoms with van der Waals surface area (Å²) >= 11 is 0. The van der Waals surface area contributed by atoms with Crippen LogP contribution in [0.25, 0.3) is 0 Å². The number of hydrogen-bond acceptors (Lipinski definition) is 4. The topological polar surface area (TPSA) is 72.5 Å². The Morgan fingerprint density at radius 3 is 2.67 bits per heavy atom. The van der Waals surface area contributed by atoms with Gasteiger partial charge in [-0.15, -0.1) is 0 Å². The van der Waals surface area contributed by atoms with Gasteiger partial charge < -0.3 is 10.0 Å². The van der Waals surface area contributed by atoms with Crippen molar-refractivity contribution in [1.29, 1.82) is 0 Å². The second-order valence-electron chi connectivity index (χ2n) is 6.27. The highest BCUT2D eigenvalue weighted by molar-refractivity contribution is 5.79. The Kier molecular flexibility index (Phi) is 3.99. The molecule has 3 rings (SSSR count). The van der Waals surface area contributed by atoms with Crippen molar-refractivity contribution in [1.82, 2.24) is 20.0 Å². The highest BCUT2D eigenvalue weighted by Crippen LogP contribution is 2.22. The Bertz CT molecular complexity index is 502. The molecule has 3 heterocycles. The average molecular weight is 292 g/mol. The van der Waals surface area contributed by atoms with Gasteiger partial charge in [-0.25, -0.2) is 0 Å². The summed E-state index contributed by atoms with van der Waals surface area (Å²) in [5.74, 6) is 0.0864. The van der Waals surface area contributed by atoms with Crippen molar-refractivity contribution in [3.8, 4) is 0 Å². The van der Waals surface area contributed by atoms with Gasteiger partial charge in [0.2, 0.25) is 5.91 Å². The summed E-state index contributed by atoms with van der Waals surface area (Å²) in [5, 5.41) is 17.3. The number of hydrogen-bond donors (Lipinski definition) is 2. The number of aromatic amines is 1. The van der Waals surface area contributed by atoms with Crippen molar-refractivity contribution in [3.05, 3.63) is 17.0 Å². The van der Waals surface area contributed by atoms with E-state index in [9.17, 15) is 9.90 Å². The molecule has 6 heteroatoms. The number of rotatable bonds is 3. The van der Waals surface area contributed by atoms with E-state index in [0.717, 1.165) is 30.0 Å². The Hall–Kier alpha value is -1.40. The summed E-state index contributed by atoms with van der Waals surface area (Å²) in [7, 11) is 0. The van der Waals surface area contributed by atoms with Gasteiger partial charge in [0.1, 0.15) is 0 Å². The monoisotopic (exact) mass is 292 g/mol. The number of aryl methyl sites for hydroxylation is 2. The molecule has 6 nitrogen and oxygen atoms in total. The molecule has 1 aromatic rings. The lowest BCUT2D eigenvalue weighted by Crippen LogP contribution is -2.41. The zero-order chi connectivity index (χ0) is 15.0. The number of likely N-dealkylation sites (tertiary alicyclic amines) is 2. The van der Waals surface area contributed by atoms with Crippen LogP contribution in [0.5, 0.6) is 0 Å². The lowest BCUT2D eigenvalue weighted by atomic mass is 10.1. The number of β-amino-alcohol motifs (C(OH)–C–C–N with tert-alkyl or cyclic N) is 1. The molecule has 2 atom stereocenters. The molecule has 1 aromatic heterocycles. The van der Waals surface area contributed by atoms with E-state index in [1.807, 2.05) is 13.8 Å². The predicted molar refractivity (Wildman–Crippen MR) is 78.9 cm³/mol. The molecule has 116 valence electrons. The van der Waals surface area contributed by atoms with Gasteiger partial charge >= 0.3 is 0 Å². The highest BCUT2D eigenvalue weighted by atomic mass is 16.3. The SMILES string of the molecule is Cc1n[nH]c(C)c1CC(=O)N1C[C@@H](O)[C@H](N2CCCC2)C1. The number of carbonyl (C=O) groups excluding carboxylic acids is 1. The van der Waals surface area contributed by atoms with E-state index in [1.54, 1.807) is 4.90 Å². The van der Waals surface area contributed by atoms with Crippen LogP contribution < -0.4 is 0 Å². The van der Waals surface area contributed by atoms with E-state index in [-0.39, 0.29) is 11.9 Å². The van der Waals surface area contributed by atoms with Crippen LogP contribution in [0, 0.1) is 13.8 Å². The van der Waals surface area contributed by atoms with E-state index < -0.39 is 6.10 Å². The fraction of sp³-hybridized carbons (Fsp3) is 0.733. The Labute approximate surface area is 125 Å². The van der Waals surface area contributed by atoms with E-state index in [0.29, 0.717) is 19.5 Å². The molecule has 0 aliphatic carbocycles. The van der Waals surface area contributed by atoms with Crippen molar-refractivity contribution < 1.29 is 9.90 Å². The zero-order valence-electron chi connectivity index (χ0n) is 12.8. The maximum absolute atomic E-state index is 12.5. The summed E-state index contributed by atoms with van der Waals surface area (Å²) in [5.41, 5.74) is 2.83. The molecule has 0 spiro atoms. The van der Waals surface area contributed by atoms with E-state index in [2.05, 4.69) is 15.1 Å². The molecule has 2 saturated heterocycles. The average Bonchev–Trinajstić information content (AvgIpc) is 3.15. The van der Waals surface area contributed by atoms with Crippen LogP contribution in [0.2, 0.25) is 0 Å². The minimum Gasteiger partial charge on any atom is -0.390 e. The molecule has 0 radical (unpaired) electrons. The lowest BCUT2D eigenvalue weighted by Gasteiger charge is -2.25. The first-order chi connectivity index (χ1) is 10.1. The molecule has 2 aliphatic heterocycles. The third kappa shape index (κ3) is 2.82. The maximum Gasteiger partial charge on any atom is 0.227 e. The molecule has 0 aromatic carbocycles. The standard InChI is InChI=1S/C15H24N4O2/c1-10-12(11(2)17-16-10)7-15(21)19-8-13(14(20)9-19)18-5-3-4-6-18/h13-14,20H,3-9H2,1-2H3,(H,16,17)/t13-,14-/m1/s1. The first-order valence-corrected chi connectivity index (χ1v) is 7.76. The van der Waals surface area contributed by atoms with Crippen LogP contribution in [0.3, 0.4) is 0 Å². The molecular weight excluding hydrogens is 268 g/mol.